The lowest BCUT2D eigenvalue weighted by Crippen LogP contribution is -2.42. The van der Waals surface area contributed by atoms with Gasteiger partial charge in [0, 0.05) is 31.8 Å². The number of carbonyl (C=O) groups is 2. The van der Waals surface area contributed by atoms with Crippen molar-refractivity contribution >= 4 is 11.8 Å². The number of nitrogens with one attached hydrogen (secondary N) is 1. The van der Waals surface area contributed by atoms with E-state index in [1.54, 1.807) is 24.3 Å². The lowest BCUT2D eigenvalue weighted by molar-refractivity contribution is -0.137. The van der Waals surface area contributed by atoms with Crippen molar-refractivity contribution in [3.8, 4) is 5.88 Å². The average molecular weight is 277 g/mol. The Labute approximate surface area is 118 Å². The van der Waals surface area contributed by atoms with Crippen LogP contribution in [0.2, 0.25) is 0 Å². The summed E-state index contributed by atoms with van der Waals surface area (Å²) in [5.41, 5.74) is 0.893. The van der Waals surface area contributed by atoms with E-state index in [1.807, 2.05) is 6.07 Å². The summed E-state index contributed by atoms with van der Waals surface area (Å²) in [6.45, 7) is 1.22. The number of pyridine rings is 1. The summed E-state index contributed by atoms with van der Waals surface area (Å²) in [5.74, 6) is 0.465. The fourth-order valence-electron chi connectivity index (χ4n) is 2.10. The van der Waals surface area contributed by atoms with E-state index in [1.165, 1.54) is 0 Å². The maximum absolute atomic E-state index is 11.8. The number of piperidine rings is 1. The maximum atomic E-state index is 11.8. The molecule has 0 aliphatic carbocycles. The molecular formula is C14H19N3O3. The van der Waals surface area contributed by atoms with Gasteiger partial charge in [-0.2, -0.15) is 0 Å². The zero-order valence-corrected chi connectivity index (χ0v) is 11.6. The number of methoxy groups -OCH3 is 1. The Morgan fingerprint density at radius 1 is 1.45 bits per heavy atom. The average Bonchev–Trinajstić information content (AvgIpc) is 2.48. The van der Waals surface area contributed by atoms with Gasteiger partial charge in [-0.05, 0) is 18.4 Å². The molecule has 0 unspecified atom stereocenters. The molecule has 20 heavy (non-hydrogen) atoms. The standard InChI is InChI=1S/C14H19N3O3/c1-20-13-6-5-11(9-16-13)8-15-12(18)10-17-7-3-2-4-14(17)19/h5-6,9H,2-4,7-8,10H2,1H3,(H,15,18). The van der Waals surface area contributed by atoms with Crippen molar-refractivity contribution in [2.75, 3.05) is 20.2 Å². The molecule has 108 valence electrons. The van der Waals surface area contributed by atoms with Crippen LogP contribution in [0.3, 0.4) is 0 Å². The second-order valence-corrected chi connectivity index (χ2v) is 4.76. The summed E-state index contributed by atoms with van der Waals surface area (Å²) < 4.78 is 4.96. The summed E-state index contributed by atoms with van der Waals surface area (Å²) in [7, 11) is 1.55. The lowest BCUT2D eigenvalue weighted by atomic mass is 10.1. The molecule has 0 saturated carbocycles. The van der Waals surface area contributed by atoms with Crippen molar-refractivity contribution in [3.05, 3.63) is 23.9 Å². The van der Waals surface area contributed by atoms with Crippen LogP contribution < -0.4 is 10.1 Å². The van der Waals surface area contributed by atoms with E-state index < -0.39 is 0 Å². The van der Waals surface area contributed by atoms with E-state index in [0.717, 1.165) is 18.4 Å². The molecule has 1 aliphatic heterocycles. The number of carbonyl (C=O) groups excluding carboxylic acids is 2. The fraction of sp³-hybridized carbons (Fsp3) is 0.500. The zero-order valence-electron chi connectivity index (χ0n) is 11.6. The molecule has 1 saturated heterocycles. The second kappa shape index (κ2) is 6.88. The normalized spacial score (nSPS) is 15.1. The van der Waals surface area contributed by atoms with Crippen LogP contribution in [0.5, 0.6) is 5.88 Å². The Morgan fingerprint density at radius 3 is 2.95 bits per heavy atom. The third kappa shape index (κ3) is 3.94. The molecule has 0 radical (unpaired) electrons. The molecule has 0 spiro atoms. The first-order valence-electron chi connectivity index (χ1n) is 6.72. The van der Waals surface area contributed by atoms with Gasteiger partial charge in [-0.25, -0.2) is 4.98 Å². The highest BCUT2D eigenvalue weighted by molar-refractivity contribution is 5.85. The van der Waals surface area contributed by atoms with Gasteiger partial charge in [0.2, 0.25) is 17.7 Å². The van der Waals surface area contributed by atoms with Crippen LogP contribution in [0.4, 0.5) is 0 Å². The minimum atomic E-state index is -0.143. The highest BCUT2D eigenvalue weighted by atomic mass is 16.5. The summed E-state index contributed by atoms with van der Waals surface area (Å²) >= 11 is 0. The lowest BCUT2D eigenvalue weighted by Gasteiger charge is -2.25. The number of hydrogen-bond donors (Lipinski definition) is 1. The van der Waals surface area contributed by atoms with Gasteiger partial charge in [0.05, 0.1) is 13.7 Å². The number of aromatic nitrogens is 1. The SMILES string of the molecule is COc1ccc(CNC(=O)CN2CCCCC2=O)cn1. The Kier molecular flexibility index (Phi) is 4.92. The molecule has 0 aromatic carbocycles. The molecule has 0 bridgehead atoms. The number of amides is 2. The van der Waals surface area contributed by atoms with Crippen molar-refractivity contribution in [3.63, 3.8) is 0 Å². The van der Waals surface area contributed by atoms with E-state index in [2.05, 4.69) is 10.3 Å². The Bertz CT molecular complexity index is 473. The number of nitrogens with zero attached hydrogens (tertiary/aromatic N) is 2. The molecule has 1 fully saturated rings. The summed E-state index contributed by atoms with van der Waals surface area (Å²) in [6.07, 6.45) is 4.11. The van der Waals surface area contributed by atoms with Gasteiger partial charge in [0.15, 0.2) is 0 Å². The summed E-state index contributed by atoms with van der Waals surface area (Å²) in [5, 5.41) is 2.79. The van der Waals surface area contributed by atoms with Crippen molar-refractivity contribution in [1.29, 1.82) is 0 Å². The predicted octanol–water partition coefficient (Wildman–Crippen LogP) is 0.719. The van der Waals surface area contributed by atoms with E-state index >= 15 is 0 Å². The highest BCUT2D eigenvalue weighted by Crippen LogP contribution is 2.10. The minimum absolute atomic E-state index is 0.0671. The molecule has 0 atom stereocenters. The van der Waals surface area contributed by atoms with Crippen LogP contribution in [-0.2, 0) is 16.1 Å². The Morgan fingerprint density at radius 2 is 2.30 bits per heavy atom. The highest BCUT2D eigenvalue weighted by Gasteiger charge is 2.20. The molecule has 6 heteroatoms. The number of ether oxygens (including phenoxy) is 1. The molecule has 1 aromatic heterocycles. The molecule has 2 rings (SSSR count). The van der Waals surface area contributed by atoms with E-state index in [-0.39, 0.29) is 18.4 Å². The Hall–Kier alpha value is -2.11. The fourth-order valence-corrected chi connectivity index (χ4v) is 2.10. The third-order valence-electron chi connectivity index (χ3n) is 3.25. The van der Waals surface area contributed by atoms with Gasteiger partial charge in [-0.15, -0.1) is 0 Å². The van der Waals surface area contributed by atoms with Crippen LogP contribution in [-0.4, -0.2) is 41.9 Å². The molecule has 2 heterocycles. The van der Waals surface area contributed by atoms with Crippen LogP contribution in [0.25, 0.3) is 0 Å². The van der Waals surface area contributed by atoms with Crippen molar-refractivity contribution in [1.82, 2.24) is 15.2 Å². The number of hydrogen-bond acceptors (Lipinski definition) is 4. The minimum Gasteiger partial charge on any atom is -0.481 e. The van der Waals surface area contributed by atoms with Crippen LogP contribution in [0, 0.1) is 0 Å². The molecule has 1 aliphatic rings. The van der Waals surface area contributed by atoms with E-state index in [4.69, 9.17) is 4.74 Å². The van der Waals surface area contributed by atoms with Gasteiger partial charge in [0.25, 0.3) is 0 Å². The molecule has 1 N–H and O–H groups in total. The van der Waals surface area contributed by atoms with Crippen molar-refractivity contribution in [2.45, 2.75) is 25.8 Å². The molecular weight excluding hydrogens is 258 g/mol. The van der Waals surface area contributed by atoms with Gasteiger partial charge < -0.3 is 15.0 Å². The van der Waals surface area contributed by atoms with E-state index in [9.17, 15) is 9.59 Å². The van der Waals surface area contributed by atoms with Gasteiger partial charge in [-0.1, -0.05) is 6.07 Å². The smallest absolute Gasteiger partial charge is 0.239 e. The van der Waals surface area contributed by atoms with Gasteiger partial charge in [0.1, 0.15) is 0 Å². The molecule has 1 aromatic rings. The van der Waals surface area contributed by atoms with Crippen LogP contribution in [0.1, 0.15) is 24.8 Å². The van der Waals surface area contributed by atoms with Gasteiger partial charge in [-0.3, -0.25) is 9.59 Å². The largest absolute Gasteiger partial charge is 0.481 e. The predicted molar refractivity (Wildman–Crippen MR) is 73.1 cm³/mol. The molecule has 2 amide bonds. The quantitative estimate of drug-likeness (QED) is 0.861. The van der Waals surface area contributed by atoms with Crippen LogP contribution in [0.15, 0.2) is 18.3 Å². The summed E-state index contributed by atoms with van der Waals surface area (Å²) in [6, 6.07) is 3.59. The molecule has 6 nitrogen and oxygen atoms in total. The maximum Gasteiger partial charge on any atom is 0.239 e. The number of rotatable bonds is 5. The number of likely N-dealkylation sites (tertiary alicyclic amines) is 1. The van der Waals surface area contributed by atoms with Crippen LogP contribution >= 0.6 is 0 Å². The first-order valence-corrected chi connectivity index (χ1v) is 6.72. The monoisotopic (exact) mass is 277 g/mol. The first-order chi connectivity index (χ1) is 9.69. The second-order valence-electron chi connectivity index (χ2n) is 4.76. The van der Waals surface area contributed by atoms with Gasteiger partial charge >= 0.3 is 0 Å². The third-order valence-corrected chi connectivity index (χ3v) is 3.25. The first kappa shape index (κ1) is 14.3. The van der Waals surface area contributed by atoms with Crippen molar-refractivity contribution in [2.24, 2.45) is 0 Å². The summed E-state index contributed by atoms with van der Waals surface area (Å²) in [4.78, 5) is 29.1. The van der Waals surface area contributed by atoms with E-state index in [0.29, 0.717) is 25.4 Å². The van der Waals surface area contributed by atoms with Crippen molar-refractivity contribution < 1.29 is 14.3 Å². The Balaban J connectivity index is 1.77. The zero-order chi connectivity index (χ0) is 14.4. The topological polar surface area (TPSA) is 71.5 Å².